The van der Waals surface area contributed by atoms with Crippen LogP contribution in [0.15, 0.2) is 24.3 Å². The Bertz CT molecular complexity index is 359. The van der Waals surface area contributed by atoms with E-state index in [-0.39, 0.29) is 5.92 Å². The van der Waals surface area contributed by atoms with Gasteiger partial charge < -0.3 is 10.4 Å². The lowest BCUT2D eigenvalue weighted by atomic mass is 9.82. The highest BCUT2D eigenvalue weighted by Crippen LogP contribution is 2.28. The van der Waals surface area contributed by atoms with Crippen LogP contribution in [0.25, 0.3) is 0 Å². The highest BCUT2D eigenvalue weighted by atomic mass is 35.5. The van der Waals surface area contributed by atoms with Gasteiger partial charge in [0.1, 0.15) is 0 Å². The standard InChI is InChI=1S/C11H12ClNO2/c12-9-3-1-7(2-4-9)10(11(14)15)8-5-13-6-8/h1-4,8,10,13H,5-6H2,(H,14,15). The smallest absolute Gasteiger partial charge is 0.311 e. The van der Waals surface area contributed by atoms with Gasteiger partial charge in [0.2, 0.25) is 0 Å². The summed E-state index contributed by atoms with van der Waals surface area (Å²) in [7, 11) is 0. The van der Waals surface area contributed by atoms with Crippen LogP contribution in [-0.2, 0) is 4.79 Å². The summed E-state index contributed by atoms with van der Waals surface area (Å²) in [5, 5.41) is 12.9. The van der Waals surface area contributed by atoms with Crippen molar-refractivity contribution in [2.75, 3.05) is 13.1 Å². The number of carboxylic acid groups (broad SMARTS) is 1. The van der Waals surface area contributed by atoms with Gasteiger partial charge in [-0.3, -0.25) is 4.79 Å². The third kappa shape index (κ3) is 2.13. The van der Waals surface area contributed by atoms with Crippen LogP contribution in [0.3, 0.4) is 0 Å². The molecule has 0 saturated carbocycles. The number of hydrogen-bond donors (Lipinski definition) is 2. The van der Waals surface area contributed by atoms with Crippen LogP contribution < -0.4 is 5.32 Å². The Morgan fingerprint density at radius 1 is 1.40 bits per heavy atom. The lowest BCUT2D eigenvalue weighted by molar-refractivity contribution is -0.140. The van der Waals surface area contributed by atoms with Crippen LogP contribution in [0.5, 0.6) is 0 Å². The molecule has 0 bridgehead atoms. The molecule has 15 heavy (non-hydrogen) atoms. The summed E-state index contributed by atoms with van der Waals surface area (Å²) >= 11 is 5.76. The van der Waals surface area contributed by atoms with E-state index in [9.17, 15) is 9.90 Å². The van der Waals surface area contributed by atoms with Crippen molar-refractivity contribution in [2.24, 2.45) is 5.92 Å². The van der Waals surface area contributed by atoms with Crippen molar-refractivity contribution < 1.29 is 9.90 Å². The highest BCUT2D eigenvalue weighted by molar-refractivity contribution is 6.30. The Kier molecular flexibility index (Phi) is 2.93. The van der Waals surface area contributed by atoms with Gasteiger partial charge in [-0.15, -0.1) is 0 Å². The van der Waals surface area contributed by atoms with Gasteiger partial charge in [-0.2, -0.15) is 0 Å². The zero-order chi connectivity index (χ0) is 10.8. The van der Waals surface area contributed by atoms with Gasteiger partial charge in [-0.25, -0.2) is 0 Å². The van der Waals surface area contributed by atoms with E-state index in [0.29, 0.717) is 5.02 Å². The van der Waals surface area contributed by atoms with Crippen molar-refractivity contribution in [3.63, 3.8) is 0 Å². The van der Waals surface area contributed by atoms with E-state index in [1.165, 1.54) is 0 Å². The SMILES string of the molecule is O=C(O)C(c1ccc(Cl)cc1)C1CNC1. The quantitative estimate of drug-likeness (QED) is 0.824. The molecule has 0 aromatic heterocycles. The number of benzene rings is 1. The molecule has 3 nitrogen and oxygen atoms in total. The molecule has 4 heteroatoms. The summed E-state index contributed by atoms with van der Waals surface area (Å²) in [6.45, 7) is 1.55. The van der Waals surface area contributed by atoms with E-state index in [2.05, 4.69) is 5.32 Å². The third-order valence-electron chi connectivity index (χ3n) is 2.78. The number of aliphatic carboxylic acids is 1. The van der Waals surface area contributed by atoms with Gasteiger partial charge in [0.15, 0.2) is 0 Å². The molecule has 1 aromatic carbocycles. The Labute approximate surface area is 93.1 Å². The Morgan fingerprint density at radius 2 is 2.00 bits per heavy atom. The van der Waals surface area contributed by atoms with Gasteiger partial charge in [0.05, 0.1) is 5.92 Å². The fourth-order valence-corrected chi connectivity index (χ4v) is 1.96. The predicted octanol–water partition coefficient (Wildman–Crippen LogP) is 1.73. The minimum Gasteiger partial charge on any atom is -0.481 e. The largest absolute Gasteiger partial charge is 0.481 e. The van der Waals surface area contributed by atoms with E-state index in [1.54, 1.807) is 24.3 Å². The van der Waals surface area contributed by atoms with Crippen LogP contribution >= 0.6 is 11.6 Å². The van der Waals surface area contributed by atoms with E-state index < -0.39 is 11.9 Å². The normalized spacial score (nSPS) is 18.2. The zero-order valence-corrected chi connectivity index (χ0v) is 8.87. The predicted molar refractivity (Wildman–Crippen MR) is 58.2 cm³/mol. The van der Waals surface area contributed by atoms with E-state index in [1.807, 2.05) is 0 Å². The summed E-state index contributed by atoms with van der Waals surface area (Å²) in [4.78, 5) is 11.2. The molecule has 1 heterocycles. The minimum absolute atomic E-state index is 0.198. The number of halogens is 1. The van der Waals surface area contributed by atoms with Crippen LogP contribution in [0.1, 0.15) is 11.5 Å². The first-order valence-electron chi connectivity index (χ1n) is 4.87. The lowest BCUT2D eigenvalue weighted by Gasteiger charge is -2.32. The maximum absolute atomic E-state index is 11.2. The molecule has 0 radical (unpaired) electrons. The Hall–Kier alpha value is -1.06. The monoisotopic (exact) mass is 225 g/mol. The second-order valence-electron chi connectivity index (χ2n) is 3.79. The molecular weight excluding hydrogens is 214 g/mol. The molecule has 2 rings (SSSR count). The first-order valence-corrected chi connectivity index (χ1v) is 5.25. The summed E-state index contributed by atoms with van der Waals surface area (Å²) in [5.74, 6) is -0.976. The van der Waals surface area contributed by atoms with Gasteiger partial charge in [-0.1, -0.05) is 23.7 Å². The molecule has 0 amide bonds. The molecule has 1 aromatic rings. The fraction of sp³-hybridized carbons (Fsp3) is 0.364. The van der Waals surface area contributed by atoms with Crippen LogP contribution in [-0.4, -0.2) is 24.2 Å². The van der Waals surface area contributed by atoms with Crippen molar-refractivity contribution in [3.8, 4) is 0 Å². The average molecular weight is 226 g/mol. The molecule has 1 unspecified atom stereocenters. The molecule has 0 spiro atoms. The van der Waals surface area contributed by atoms with Gasteiger partial charge >= 0.3 is 5.97 Å². The molecule has 0 aliphatic carbocycles. The van der Waals surface area contributed by atoms with E-state index in [4.69, 9.17) is 11.6 Å². The number of hydrogen-bond acceptors (Lipinski definition) is 2. The Balaban J connectivity index is 2.23. The number of carbonyl (C=O) groups is 1. The lowest BCUT2D eigenvalue weighted by Crippen LogP contribution is -2.47. The summed E-state index contributed by atoms with van der Waals surface area (Å²) < 4.78 is 0. The van der Waals surface area contributed by atoms with E-state index in [0.717, 1.165) is 18.7 Å². The van der Waals surface area contributed by atoms with Crippen molar-refractivity contribution in [2.45, 2.75) is 5.92 Å². The number of carboxylic acids is 1. The highest BCUT2D eigenvalue weighted by Gasteiger charge is 2.33. The van der Waals surface area contributed by atoms with Gasteiger partial charge in [0.25, 0.3) is 0 Å². The van der Waals surface area contributed by atoms with Crippen LogP contribution in [0.2, 0.25) is 5.02 Å². The molecule has 1 fully saturated rings. The molecule has 1 aliphatic heterocycles. The molecule has 1 atom stereocenters. The second kappa shape index (κ2) is 4.21. The maximum Gasteiger partial charge on any atom is 0.311 e. The number of nitrogens with one attached hydrogen (secondary N) is 1. The summed E-state index contributed by atoms with van der Waals surface area (Å²) in [6.07, 6.45) is 0. The van der Waals surface area contributed by atoms with E-state index >= 15 is 0 Å². The second-order valence-corrected chi connectivity index (χ2v) is 4.22. The zero-order valence-electron chi connectivity index (χ0n) is 8.11. The average Bonchev–Trinajstić information content (AvgIpc) is 2.12. The van der Waals surface area contributed by atoms with Crippen molar-refractivity contribution in [1.29, 1.82) is 0 Å². The van der Waals surface area contributed by atoms with Crippen molar-refractivity contribution in [3.05, 3.63) is 34.9 Å². The van der Waals surface area contributed by atoms with Crippen molar-refractivity contribution >= 4 is 17.6 Å². The Morgan fingerprint density at radius 3 is 2.40 bits per heavy atom. The van der Waals surface area contributed by atoms with Crippen molar-refractivity contribution in [1.82, 2.24) is 5.32 Å². The van der Waals surface area contributed by atoms with Gasteiger partial charge in [0, 0.05) is 24.0 Å². The molecule has 1 saturated heterocycles. The molecule has 2 N–H and O–H groups in total. The third-order valence-corrected chi connectivity index (χ3v) is 3.03. The number of rotatable bonds is 3. The molecule has 1 aliphatic rings. The van der Waals surface area contributed by atoms with Crippen LogP contribution in [0.4, 0.5) is 0 Å². The van der Waals surface area contributed by atoms with Gasteiger partial charge in [-0.05, 0) is 17.7 Å². The van der Waals surface area contributed by atoms with Crippen LogP contribution in [0, 0.1) is 5.92 Å². The molecular formula is C11H12ClNO2. The first-order chi connectivity index (χ1) is 7.18. The topological polar surface area (TPSA) is 49.3 Å². The summed E-state index contributed by atoms with van der Waals surface area (Å²) in [5.41, 5.74) is 0.832. The summed E-state index contributed by atoms with van der Waals surface area (Å²) in [6, 6.07) is 7.05. The fourth-order valence-electron chi connectivity index (χ4n) is 1.83. The molecule has 80 valence electrons. The first kappa shape index (κ1) is 10.5. The minimum atomic E-state index is -0.760. The maximum atomic E-state index is 11.2.